The van der Waals surface area contributed by atoms with E-state index in [1.54, 1.807) is 0 Å². The third-order valence-electron chi connectivity index (χ3n) is 3.01. The molecule has 0 heterocycles. The van der Waals surface area contributed by atoms with Crippen molar-refractivity contribution in [3.63, 3.8) is 0 Å². The number of nitrogens with one attached hydrogen (secondary N) is 1. The van der Waals surface area contributed by atoms with Gasteiger partial charge in [-0.1, -0.05) is 23.8 Å². The van der Waals surface area contributed by atoms with Crippen LogP contribution in [0.3, 0.4) is 0 Å². The fraction of sp³-hybridized carbons (Fsp3) is 0.533. The van der Waals surface area contributed by atoms with Gasteiger partial charge >= 0.3 is 0 Å². The highest BCUT2D eigenvalue weighted by Crippen LogP contribution is 2.11. The maximum absolute atomic E-state index is 11.8. The van der Waals surface area contributed by atoms with Crippen molar-refractivity contribution in [1.82, 2.24) is 5.32 Å². The van der Waals surface area contributed by atoms with Gasteiger partial charge in [-0.15, -0.1) is 0 Å². The summed E-state index contributed by atoms with van der Waals surface area (Å²) >= 11 is 0. The second-order valence-electron chi connectivity index (χ2n) is 5.08. The van der Waals surface area contributed by atoms with Crippen LogP contribution in [-0.4, -0.2) is 18.5 Å². The molecule has 100 valence electrons. The summed E-state index contributed by atoms with van der Waals surface area (Å²) in [6.07, 6.45) is 2.35. The monoisotopic (exact) mass is 248 g/mol. The highest BCUT2D eigenvalue weighted by atomic mass is 16.1. The summed E-state index contributed by atoms with van der Waals surface area (Å²) < 4.78 is 0. The molecule has 3 N–H and O–H groups in total. The second-order valence-corrected chi connectivity index (χ2v) is 5.08. The molecule has 1 unspecified atom stereocenters. The lowest BCUT2D eigenvalue weighted by molar-refractivity contribution is -0.120. The van der Waals surface area contributed by atoms with Crippen LogP contribution in [-0.2, 0) is 11.2 Å². The molecule has 0 fully saturated rings. The van der Waals surface area contributed by atoms with Gasteiger partial charge < -0.3 is 11.1 Å². The first-order valence-corrected chi connectivity index (χ1v) is 6.57. The van der Waals surface area contributed by atoms with Gasteiger partial charge in [0.25, 0.3) is 0 Å². The van der Waals surface area contributed by atoms with E-state index < -0.39 is 0 Å². The van der Waals surface area contributed by atoms with Gasteiger partial charge in [0.2, 0.25) is 5.91 Å². The van der Waals surface area contributed by atoms with Crippen LogP contribution in [0, 0.1) is 13.8 Å². The van der Waals surface area contributed by atoms with E-state index in [1.165, 1.54) is 11.1 Å². The lowest BCUT2D eigenvalue weighted by Crippen LogP contribution is -2.27. The van der Waals surface area contributed by atoms with E-state index in [-0.39, 0.29) is 11.9 Å². The smallest absolute Gasteiger partial charge is 0.224 e. The number of nitrogens with two attached hydrogens (primary N) is 1. The number of aryl methyl sites for hydroxylation is 2. The Labute approximate surface area is 110 Å². The van der Waals surface area contributed by atoms with Crippen LogP contribution >= 0.6 is 0 Å². The molecule has 0 saturated carbocycles. The standard InChI is InChI=1S/C15H24N2O/c1-11-6-7-12(2)14(9-11)10-15(18)17-8-4-5-13(3)16/h6-7,9,13H,4-5,8,10,16H2,1-3H3,(H,17,18). The van der Waals surface area contributed by atoms with Crippen molar-refractivity contribution in [3.05, 3.63) is 34.9 Å². The average Bonchev–Trinajstić information content (AvgIpc) is 2.29. The van der Waals surface area contributed by atoms with Gasteiger partial charge in [-0.25, -0.2) is 0 Å². The minimum atomic E-state index is 0.0911. The van der Waals surface area contributed by atoms with E-state index in [0.29, 0.717) is 13.0 Å². The van der Waals surface area contributed by atoms with Gasteiger partial charge in [-0.2, -0.15) is 0 Å². The fourth-order valence-electron chi connectivity index (χ4n) is 1.88. The Morgan fingerprint density at radius 3 is 2.78 bits per heavy atom. The predicted molar refractivity (Wildman–Crippen MR) is 75.5 cm³/mol. The fourth-order valence-corrected chi connectivity index (χ4v) is 1.88. The molecule has 3 nitrogen and oxygen atoms in total. The Bertz CT molecular complexity index is 399. The Balaban J connectivity index is 2.38. The van der Waals surface area contributed by atoms with Crippen LogP contribution in [0.5, 0.6) is 0 Å². The molecular weight excluding hydrogens is 224 g/mol. The van der Waals surface area contributed by atoms with E-state index >= 15 is 0 Å². The zero-order valence-electron chi connectivity index (χ0n) is 11.6. The molecule has 0 saturated heterocycles. The Morgan fingerprint density at radius 2 is 2.11 bits per heavy atom. The molecule has 3 heteroatoms. The molecule has 1 aromatic carbocycles. The molecule has 18 heavy (non-hydrogen) atoms. The number of hydrogen-bond acceptors (Lipinski definition) is 2. The topological polar surface area (TPSA) is 55.1 Å². The van der Waals surface area contributed by atoms with Crippen molar-refractivity contribution in [2.75, 3.05) is 6.54 Å². The van der Waals surface area contributed by atoms with E-state index in [0.717, 1.165) is 18.4 Å². The molecule has 1 atom stereocenters. The first-order valence-electron chi connectivity index (χ1n) is 6.57. The zero-order chi connectivity index (χ0) is 13.5. The summed E-state index contributed by atoms with van der Waals surface area (Å²) in [7, 11) is 0. The Kier molecular flexibility index (Phi) is 5.86. The van der Waals surface area contributed by atoms with E-state index in [2.05, 4.69) is 23.5 Å². The van der Waals surface area contributed by atoms with Crippen LogP contribution in [0.25, 0.3) is 0 Å². The Hall–Kier alpha value is -1.35. The number of amides is 1. The SMILES string of the molecule is Cc1ccc(C)c(CC(=O)NCCCC(C)N)c1. The maximum atomic E-state index is 11.8. The largest absolute Gasteiger partial charge is 0.356 e. The van der Waals surface area contributed by atoms with Crippen LogP contribution in [0.1, 0.15) is 36.5 Å². The first kappa shape index (κ1) is 14.7. The third-order valence-corrected chi connectivity index (χ3v) is 3.01. The predicted octanol–water partition coefficient (Wildman–Crippen LogP) is 2.09. The van der Waals surface area contributed by atoms with E-state index in [9.17, 15) is 4.79 Å². The Morgan fingerprint density at radius 1 is 1.39 bits per heavy atom. The third kappa shape index (κ3) is 5.32. The lowest BCUT2D eigenvalue weighted by Gasteiger charge is -2.09. The molecule has 0 aliphatic rings. The molecule has 1 rings (SSSR count). The summed E-state index contributed by atoms with van der Waals surface area (Å²) in [5.41, 5.74) is 9.13. The van der Waals surface area contributed by atoms with Crippen LogP contribution < -0.4 is 11.1 Å². The minimum Gasteiger partial charge on any atom is -0.356 e. The van der Waals surface area contributed by atoms with E-state index in [1.807, 2.05) is 20.8 Å². The van der Waals surface area contributed by atoms with Gasteiger partial charge in [0.05, 0.1) is 6.42 Å². The van der Waals surface area contributed by atoms with Gasteiger partial charge in [-0.05, 0) is 44.7 Å². The van der Waals surface area contributed by atoms with Crippen molar-refractivity contribution >= 4 is 5.91 Å². The molecule has 0 bridgehead atoms. The van der Waals surface area contributed by atoms with Gasteiger partial charge in [0, 0.05) is 12.6 Å². The molecule has 0 spiro atoms. The molecule has 1 aromatic rings. The summed E-state index contributed by atoms with van der Waals surface area (Å²) in [6.45, 7) is 6.78. The zero-order valence-corrected chi connectivity index (χ0v) is 11.6. The summed E-state index contributed by atoms with van der Waals surface area (Å²) in [6, 6.07) is 6.42. The number of carbonyl (C=O) groups excluding carboxylic acids is 1. The first-order chi connectivity index (χ1) is 8.49. The van der Waals surface area contributed by atoms with Gasteiger partial charge in [0.15, 0.2) is 0 Å². The van der Waals surface area contributed by atoms with E-state index in [4.69, 9.17) is 5.73 Å². The highest BCUT2D eigenvalue weighted by Gasteiger charge is 2.05. The van der Waals surface area contributed by atoms with Crippen LogP contribution in [0.15, 0.2) is 18.2 Å². The van der Waals surface area contributed by atoms with Crippen molar-refractivity contribution in [2.45, 2.75) is 46.1 Å². The number of carbonyl (C=O) groups is 1. The van der Waals surface area contributed by atoms with Crippen LogP contribution in [0.2, 0.25) is 0 Å². The van der Waals surface area contributed by atoms with Gasteiger partial charge in [0.1, 0.15) is 0 Å². The second kappa shape index (κ2) is 7.17. The molecule has 0 radical (unpaired) electrons. The number of benzene rings is 1. The quantitative estimate of drug-likeness (QED) is 0.757. The minimum absolute atomic E-state index is 0.0911. The molecular formula is C15H24N2O. The molecule has 0 aliphatic carbocycles. The average molecular weight is 248 g/mol. The van der Waals surface area contributed by atoms with Crippen molar-refractivity contribution < 1.29 is 4.79 Å². The van der Waals surface area contributed by atoms with Crippen molar-refractivity contribution in [3.8, 4) is 0 Å². The molecule has 0 aliphatic heterocycles. The highest BCUT2D eigenvalue weighted by molar-refractivity contribution is 5.78. The lowest BCUT2D eigenvalue weighted by atomic mass is 10.0. The normalized spacial score (nSPS) is 12.2. The number of hydrogen-bond donors (Lipinski definition) is 2. The van der Waals surface area contributed by atoms with Gasteiger partial charge in [-0.3, -0.25) is 4.79 Å². The van der Waals surface area contributed by atoms with Crippen molar-refractivity contribution in [2.24, 2.45) is 5.73 Å². The van der Waals surface area contributed by atoms with Crippen molar-refractivity contribution in [1.29, 1.82) is 0 Å². The summed E-state index contributed by atoms with van der Waals surface area (Å²) in [5, 5.41) is 2.94. The summed E-state index contributed by atoms with van der Waals surface area (Å²) in [4.78, 5) is 11.8. The molecule has 1 amide bonds. The molecule has 0 aromatic heterocycles. The summed E-state index contributed by atoms with van der Waals surface area (Å²) in [5.74, 6) is 0.0911. The van der Waals surface area contributed by atoms with Crippen LogP contribution in [0.4, 0.5) is 0 Å². The maximum Gasteiger partial charge on any atom is 0.224 e. The number of rotatable bonds is 6.